The van der Waals surface area contributed by atoms with Crippen LogP contribution in [0.5, 0.6) is 0 Å². The molecule has 1 rings (SSSR count). The second kappa shape index (κ2) is 7.36. The van der Waals surface area contributed by atoms with Crippen LogP contribution in [0.15, 0.2) is 16.7 Å². The van der Waals surface area contributed by atoms with Crippen molar-refractivity contribution in [1.29, 1.82) is 0 Å². The van der Waals surface area contributed by atoms with E-state index in [-0.39, 0.29) is 5.54 Å². The third-order valence-corrected chi connectivity index (χ3v) is 4.02. The van der Waals surface area contributed by atoms with Gasteiger partial charge in [-0.05, 0) is 47.1 Å². The predicted octanol–water partition coefficient (Wildman–Crippen LogP) is 3.35. The van der Waals surface area contributed by atoms with Crippen molar-refractivity contribution in [1.82, 2.24) is 10.2 Å². The molecular weight excluding hydrogens is 256 g/mol. The predicted molar refractivity (Wildman–Crippen MR) is 84.6 cm³/mol. The van der Waals surface area contributed by atoms with Crippen molar-refractivity contribution < 1.29 is 4.42 Å². The number of hydrogen-bond donors (Lipinski definition) is 1. The van der Waals surface area contributed by atoms with Crippen LogP contribution in [-0.2, 0) is 13.1 Å². The van der Waals surface area contributed by atoms with Crippen LogP contribution in [0.1, 0.15) is 39.0 Å². The summed E-state index contributed by atoms with van der Waals surface area (Å²) in [5.41, 5.74) is 1.39. The lowest BCUT2D eigenvalue weighted by Gasteiger charge is -2.24. The maximum atomic E-state index is 5.64. The maximum Gasteiger partial charge on any atom is 0.122 e. The Kier molecular flexibility index (Phi) is 6.43. The third kappa shape index (κ3) is 6.02. The van der Waals surface area contributed by atoms with Gasteiger partial charge in [0.1, 0.15) is 5.76 Å². The first-order chi connectivity index (χ1) is 8.83. The summed E-state index contributed by atoms with van der Waals surface area (Å²) in [6.07, 6.45) is 3.94. The molecule has 0 aliphatic heterocycles. The molecule has 1 aromatic heterocycles. The maximum absolute atomic E-state index is 5.64. The van der Waals surface area contributed by atoms with Crippen molar-refractivity contribution in [3.05, 3.63) is 23.7 Å². The Labute approximate surface area is 122 Å². The van der Waals surface area contributed by atoms with E-state index in [1.165, 1.54) is 5.56 Å². The molecule has 0 spiro atoms. The van der Waals surface area contributed by atoms with E-state index in [1.54, 1.807) is 6.26 Å². The Hall–Kier alpha value is -0.450. The molecule has 1 heterocycles. The molecule has 0 bridgehead atoms. The zero-order valence-electron chi connectivity index (χ0n) is 13.1. The van der Waals surface area contributed by atoms with Crippen LogP contribution in [0.2, 0.25) is 0 Å². The van der Waals surface area contributed by atoms with E-state index in [4.69, 9.17) is 4.42 Å². The molecule has 1 N–H and O–H groups in total. The monoisotopic (exact) mass is 284 g/mol. The van der Waals surface area contributed by atoms with Crippen molar-refractivity contribution >= 4 is 11.8 Å². The quantitative estimate of drug-likeness (QED) is 0.831. The molecule has 1 atom stereocenters. The Morgan fingerprint density at radius 3 is 2.68 bits per heavy atom. The highest BCUT2D eigenvalue weighted by atomic mass is 32.2. The Morgan fingerprint density at radius 2 is 2.11 bits per heavy atom. The Morgan fingerprint density at radius 1 is 1.42 bits per heavy atom. The van der Waals surface area contributed by atoms with Crippen molar-refractivity contribution in [3.63, 3.8) is 0 Å². The molecular formula is C15H28N2OS. The smallest absolute Gasteiger partial charge is 0.122 e. The highest BCUT2D eigenvalue weighted by molar-refractivity contribution is 7.98. The van der Waals surface area contributed by atoms with Gasteiger partial charge in [-0.15, -0.1) is 0 Å². The van der Waals surface area contributed by atoms with E-state index in [1.807, 2.05) is 11.8 Å². The van der Waals surface area contributed by atoms with Gasteiger partial charge in [0.05, 0.1) is 12.8 Å². The van der Waals surface area contributed by atoms with Crippen LogP contribution in [0.3, 0.4) is 0 Å². The van der Waals surface area contributed by atoms with Gasteiger partial charge in [-0.25, -0.2) is 0 Å². The van der Waals surface area contributed by atoms with Crippen LogP contribution < -0.4 is 5.32 Å². The van der Waals surface area contributed by atoms with Crippen LogP contribution in [0, 0.1) is 0 Å². The second-order valence-electron chi connectivity index (χ2n) is 6.19. The van der Waals surface area contributed by atoms with E-state index < -0.39 is 0 Å². The van der Waals surface area contributed by atoms with E-state index in [9.17, 15) is 0 Å². The number of rotatable bonds is 7. The highest BCUT2D eigenvalue weighted by Gasteiger charge is 2.15. The largest absolute Gasteiger partial charge is 0.468 e. The van der Waals surface area contributed by atoms with Crippen LogP contribution in [0.4, 0.5) is 0 Å². The van der Waals surface area contributed by atoms with Crippen LogP contribution in [-0.4, -0.2) is 35.5 Å². The van der Waals surface area contributed by atoms with Gasteiger partial charge in [-0.2, -0.15) is 11.8 Å². The molecule has 0 radical (unpaired) electrons. The number of nitrogens with zero attached hydrogens (tertiary/aromatic N) is 1. The fourth-order valence-corrected chi connectivity index (χ4v) is 2.51. The average Bonchev–Trinajstić information content (AvgIpc) is 2.73. The summed E-state index contributed by atoms with van der Waals surface area (Å²) in [6.45, 7) is 10.5. The first kappa shape index (κ1) is 16.6. The molecule has 1 unspecified atom stereocenters. The fraction of sp³-hybridized carbons (Fsp3) is 0.733. The molecule has 3 nitrogen and oxygen atoms in total. The van der Waals surface area contributed by atoms with Crippen LogP contribution in [0.25, 0.3) is 0 Å². The molecule has 1 aromatic rings. The minimum Gasteiger partial charge on any atom is -0.468 e. The lowest BCUT2D eigenvalue weighted by molar-refractivity contribution is 0.245. The topological polar surface area (TPSA) is 28.4 Å². The summed E-state index contributed by atoms with van der Waals surface area (Å²) in [5.74, 6) is 2.22. The van der Waals surface area contributed by atoms with Gasteiger partial charge in [0.2, 0.25) is 0 Å². The van der Waals surface area contributed by atoms with Gasteiger partial charge in [0, 0.05) is 29.4 Å². The molecule has 0 aliphatic rings. The average molecular weight is 284 g/mol. The number of hydrogen-bond acceptors (Lipinski definition) is 4. The van der Waals surface area contributed by atoms with Crippen molar-refractivity contribution in [2.75, 3.05) is 19.1 Å². The normalized spacial score (nSPS) is 14.1. The van der Waals surface area contributed by atoms with Crippen molar-refractivity contribution in [2.45, 2.75) is 52.4 Å². The zero-order chi connectivity index (χ0) is 14.5. The fourth-order valence-electron chi connectivity index (χ4n) is 1.77. The highest BCUT2D eigenvalue weighted by Crippen LogP contribution is 2.16. The van der Waals surface area contributed by atoms with E-state index >= 15 is 0 Å². The lowest BCUT2D eigenvalue weighted by atomic mass is 10.1. The van der Waals surface area contributed by atoms with Crippen LogP contribution >= 0.6 is 11.8 Å². The summed E-state index contributed by atoms with van der Waals surface area (Å²) in [7, 11) is 2.16. The summed E-state index contributed by atoms with van der Waals surface area (Å²) in [4.78, 5) is 2.34. The molecule has 0 fully saturated rings. The number of nitrogens with one attached hydrogen (secondary N) is 1. The standard InChI is InChI=1S/C15H28N2OS/c1-12(11-19-6)17(5)10-14-13(7-8-18-14)9-16-15(2,3)4/h7-8,12,16H,9-11H2,1-6H3. The van der Waals surface area contributed by atoms with E-state index in [2.05, 4.69) is 57.3 Å². The van der Waals surface area contributed by atoms with Gasteiger partial charge in [-0.3, -0.25) is 4.90 Å². The molecule has 19 heavy (non-hydrogen) atoms. The first-order valence-corrected chi connectivity index (χ1v) is 8.22. The molecule has 0 aliphatic carbocycles. The van der Waals surface area contributed by atoms with Gasteiger partial charge < -0.3 is 9.73 Å². The number of thioether (sulfide) groups is 1. The number of furan rings is 1. The van der Waals surface area contributed by atoms with E-state index in [0.29, 0.717) is 6.04 Å². The molecule has 110 valence electrons. The molecule has 0 aromatic carbocycles. The third-order valence-electron chi connectivity index (χ3n) is 3.20. The minimum atomic E-state index is 0.132. The summed E-state index contributed by atoms with van der Waals surface area (Å²) in [6, 6.07) is 2.63. The zero-order valence-corrected chi connectivity index (χ0v) is 13.9. The summed E-state index contributed by atoms with van der Waals surface area (Å²) < 4.78 is 5.64. The molecule has 4 heteroatoms. The van der Waals surface area contributed by atoms with Crippen molar-refractivity contribution in [2.24, 2.45) is 0 Å². The SMILES string of the molecule is CSCC(C)N(C)Cc1occc1CNC(C)(C)C. The molecule has 0 saturated heterocycles. The van der Waals surface area contributed by atoms with E-state index in [0.717, 1.165) is 24.6 Å². The summed E-state index contributed by atoms with van der Waals surface area (Å²) in [5, 5.41) is 3.51. The first-order valence-electron chi connectivity index (χ1n) is 6.83. The Balaban J connectivity index is 2.57. The second-order valence-corrected chi connectivity index (χ2v) is 7.10. The van der Waals surface area contributed by atoms with Gasteiger partial charge in [0.15, 0.2) is 0 Å². The van der Waals surface area contributed by atoms with Crippen molar-refractivity contribution in [3.8, 4) is 0 Å². The Bertz CT molecular complexity index is 370. The minimum absolute atomic E-state index is 0.132. The summed E-state index contributed by atoms with van der Waals surface area (Å²) >= 11 is 1.88. The molecule has 0 saturated carbocycles. The van der Waals surface area contributed by atoms with Gasteiger partial charge in [0.25, 0.3) is 0 Å². The van der Waals surface area contributed by atoms with Gasteiger partial charge >= 0.3 is 0 Å². The lowest BCUT2D eigenvalue weighted by Crippen LogP contribution is -2.35. The molecule has 0 amide bonds. The van der Waals surface area contributed by atoms with Gasteiger partial charge in [-0.1, -0.05) is 0 Å².